The zero-order valence-corrected chi connectivity index (χ0v) is 19.0. The summed E-state index contributed by atoms with van der Waals surface area (Å²) >= 11 is 2.94. The molecule has 4 unspecified atom stereocenters. The molecule has 2 rings (SSSR count). The fourth-order valence-corrected chi connectivity index (χ4v) is 6.42. The highest BCUT2D eigenvalue weighted by Gasteiger charge is 2.34. The number of nitrogens with two attached hydrogens (primary N) is 3. The van der Waals surface area contributed by atoms with Gasteiger partial charge in [-0.1, -0.05) is 0 Å². The van der Waals surface area contributed by atoms with Crippen LogP contribution < -0.4 is 22.5 Å². The molecule has 1 aliphatic rings. The van der Waals surface area contributed by atoms with Crippen LogP contribution in [0.4, 0.5) is 5.69 Å². The van der Waals surface area contributed by atoms with E-state index < -0.39 is 42.1 Å². The van der Waals surface area contributed by atoms with E-state index in [2.05, 4.69) is 5.32 Å². The number of phenols is 1. The number of carboxylic acids is 3. The normalized spacial score (nSPS) is 18.2. The van der Waals surface area contributed by atoms with Crippen molar-refractivity contribution >= 4 is 58.9 Å². The third-order valence-electron chi connectivity index (χ3n) is 4.39. The van der Waals surface area contributed by atoms with Gasteiger partial charge >= 0.3 is 17.9 Å². The number of benzene rings is 1. The number of phenolic OH excluding ortho intramolecular Hbond substituents is 1. The van der Waals surface area contributed by atoms with Gasteiger partial charge in [0.2, 0.25) is 0 Å². The summed E-state index contributed by atoms with van der Waals surface area (Å²) in [6, 6.07) is -3.53. The Morgan fingerprint density at radius 2 is 1.59 bits per heavy atom. The average molecular weight is 509 g/mol. The summed E-state index contributed by atoms with van der Waals surface area (Å²) in [5.41, 5.74) is 17.2. The molecule has 12 N–H and O–H groups in total. The molecule has 1 aromatic rings. The number of carbonyl (C=O) groups is 3. The molecule has 12 nitrogen and oxygen atoms in total. The minimum atomic E-state index is -1.27. The summed E-state index contributed by atoms with van der Waals surface area (Å²) < 4.78 is 0. The lowest BCUT2D eigenvalue weighted by Crippen LogP contribution is -2.35. The number of hydrogen-bond acceptors (Lipinski definition) is 12. The summed E-state index contributed by atoms with van der Waals surface area (Å²) in [5, 5.41) is 51.9. The topological polar surface area (TPSA) is 242 Å². The van der Waals surface area contributed by atoms with Gasteiger partial charge in [0.15, 0.2) is 5.75 Å². The van der Waals surface area contributed by atoms with Crippen LogP contribution in [0.5, 0.6) is 5.75 Å². The van der Waals surface area contributed by atoms with Gasteiger partial charge in [-0.2, -0.15) is 0 Å². The largest absolute Gasteiger partial charge is 0.505 e. The molecule has 32 heavy (non-hydrogen) atoms. The minimum absolute atomic E-state index is 0.0643. The first-order chi connectivity index (χ1) is 15.0. The maximum absolute atomic E-state index is 11.4. The molecule has 1 aromatic carbocycles. The lowest BCUT2D eigenvalue weighted by atomic mass is 10.1. The van der Waals surface area contributed by atoms with Crippen molar-refractivity contribution in [2.75, 3.05) is 29.1 Å². The number of fused-ring (bicyclic) bond motifs is 1. The first-order valence-electron chi connectivity index (χ1n) is 9.14. The van der Waals surface area contributed by atoms with Crippen LogP contribution in [0.15, 0.2) is 14.7 Å². The highest BCUT2D eigenvalue weighted by molar-refractivity contribution is 8.02. The predicted octanol–water partition coefficient (Wildman–Crippen LogP) is -0.637. The van der Waals surface area contributed by atoms with E-state index in [0.29, 0.717) is 4.90 Å². The highest BCUT2D eigenvalue weighted by Crippen LogP contribution is 2.53. The number of carboxylic acid groups (broad SMARTS) is 3. The Bertz CT molecular complexity index is 903. The van der Waals surface area contributed by atoms with E-state index >= 15 is 0 Å². The Balaban J connectivity index is 2.64. The molecule has 0 radical (unpaired) electrons. The quantitative estimate of drug-likeness (QED) is 0.133. The number of thioether (sulfide) groups is 3. The molecule has 178 valence electrons. The second-order valence-electron chi connectivity index (χ2n) is 6.73. The van der Waals surface area contributed by atoms with Gasteiger partial charge in [0, 0.05) is 39.2 Å². The van der Waals surface area contributed by atoms with Gasteiger partial charge in [0.25, 0.3) is 0 Å². The van der Waals surface area contributed by atoms with E-state index in [1.807, 2.05) is 0 Å². The third-order valence-corrected chi connectivity index (χ3v) is 8.18. The molecule has 0 spiro atoms. The summed E-state index contributed by atoms with van der Waals surface area (Å²) in [6.45, 7) is -0.211. The molecule has 0 fully saturated rings. The number of aliphatic hydroxyl groups is 1. The molecule has 0 aliphatic carbocycles. The molecular weight excluding hydrogens is 484 g/mol. The maximum atomic E-state index is 11.4. The van der Waals surface area contributed by atoms with E-state index in [1.54, 1.807) is 0 Å². The zero-order valence-electron chi connectivity index (χ0n) is 16.6. The van der Waals surface area contributed by atoms with Crippen LogP contribution in [0.2, 0.25) is 0 Å². The maximum Gasteiger partial charge on any atom is 0.327 e. The number of anilines is 1. The van der Waals surface area contributed by atoms with Gasteiger partial charge in [0.1, 0.15) is 18.1 Å². The molecule has 0 saturated heterocycles. The summed E-state index contributed by atoms with van der Waals surface area (Å²) in [7, 11) is 0. The summed E-state index contributed by atoms with van der Waals surface area (Å²) in [6.07, 6.45) is -1.23. The van der Waals surface area contributed by atoms with Crippen molar-refractivity contribution in [2.24, 2.45) is 17.2 Å². The van der Waals surface area contributed by atoms with E-state index in [4.69, 9.17) is 27.4 Å². The van der Waals surface area contributed by atoms with Crippen molar-refractivity contribution in [3.8, 4) is 5.75 Å². The van der Waals surface area contributed by atoms with Crippen LogP contribution >= 0.6 is 35.3 Å². The molecule has 1 aliphatic heterocycles. The molecule has 1 heterocycles. The minimum Gasteiger partial charge on any atom is -0.505 e. The van der Waals surface area contributed by atoms with E-state index in [0.717, 1.165) is 35.3 Å². The van der Waals surface area contributed by atoms with E-state index in [-0.39, 0.29) is 50.6 Å². The monoisotopic (exact) mass is 508 g/mol. The average Bonchev–Trinajstić information content (AvgIpc) is 2.75. The standard InChI is InChI=1S/C17H24N4O8S3/c18-1-8(22)9-12-10(21-7(4-32-12)17(28)29)11(23)14(31-3-6(20)16(26)27)13(9)30-2-5(19)15(24)25/h5-8,21-23H,1-4,18-20H2,(H,24,25)(H,26,27)(H,28,29). The Kier molecular flexibility index (Phi) is 9.32. The van der Waals surface area contributed by atoms with Crippen molar-refractivity contribution in [1.29, 1.82) is 0 Å². The number of rotatable bonds is 11. The number of aromatic hydroxyl groups is 1. The number of nitrogens with one attached hydrogen (secondary N) is 1. The number of hydrogen-bond donors (Lipinski definition) is 9. The molecule has 0 bridgehead atoms. The predicted molar refractivity (Wildman–Crippen MR) is 121 cm³/mol. The summed E-state index contributed by atoms with van der Waals surface area (Å²) in [4.78, 5) is 34.5. The third kappa shape index (κ3) is 5.92. The van der Waals surface area contributed by atoms with Gasteiger partial charge < -0.3 is 48.1 Å². The van der Waals surface area contributed by atoms with Crippen LogP contribution in [-0.2, 0) is 14.4 Å². The molecule has 0 aromatic heterocycles. The van der Waals surface area contributed by atoms with Crippen molar-refractivity contribution in [3.05, 3.63) is 5.56 Å². The van der Waals surface area contributed by atoms with E-state index in [9.17, 15) is 29.7 Å². The van der Waals surface area contributed by atoms with Crippen LogP contribution in [-0.4, -0.2) is 85.4 Å². The van der Waals surface area contributed by atoms with Gasteiger partial charge in [-0.05, 0) is 0 Å². The van der Waals surface area contributed by atoms with Crippen LogP contribution in [0.25, 0.3) is 0 Å². The molecule has 0 saturated carbocycles. The van der Waals surface area contributed by atoms with Crippen LogP contribution in [0.3, 0.4) is 0 Å². The van der Waals surface area contributed by atoms with Gasteiger partial charge in [-0.25, -0.2) is 4.79 Å². The zero-order chi connectivity index (χ0) is 24.2. The second-order valence-corrected chi connectivity index (χ2v) is 9.82. The fourth-order valence-electron chi connectivity index (χ4n) is 2.67. The Morgan fingerprint density at radius 3 is 2.06 bits per heavy atom. The first-order valence-corrected chi connectivity index (χ1v) is 12.1. The van der Waals surface area contributed by atoms with Crippen molar-refractivity contribution < 1.29 is 39.9 Å². The Labute approximate surface area is 195 Å². The smallest absolute Gasteiger partial charge is 0.327 e. The molecule has 15 heteroatoms. The van der Waals surface area contributed by atoms with Gasteiger partial charge in [0.05, 0.1) is 16.7 Å². The molecular formula is C17H24N4O8S3. The molecule has 0 amide bonds. The van der Waals surface area contributed by atoms with Crippen LogP contribution in [0, 0.1) is 0 Å². The van der Waals surface area contributed by atoms with Gasteiger partial charge in [-0.15, -0.1) is 35.3 Å². The molecule has 4 atom stereocenters. The first kappa shape index (κ1) is 26.4. The van der Waals surface area contributed by atoms with Crippen molar-refractivity contribution in [2.45, 2.75) is 38.9 Å². The van der Waals surface area contributed by atoms with Gasteiger partial charge in [-0.3, -0.25) is 9.59 Å². The number of aliphatic carboxylic acids is 3. The van der Waals surface area contributed by atoms with E-state index in [1.165, 1.54) is 0 Å². The van der Waals surface area contributed by atoms with Crippen molar-refractivity contribution in [3.63, 3.8) is 0 Å². The van der Waals surface area contributed by atoms with Crippen LogP contribution in [0.1, 0.15) is 11.7 Å². The Hall–Kier alpha value is -1.88. The SMILES string of the molecule is NCC(O)c1c2c(c(O)c(SCC(N)C(=O)O)c1SCC(N)C(=O)O)NC(C(=O)O)CS2. The second kappa shape index (κ2) is 11.3. The lowest BCUT2D eigenvalue weighted by Gasteiger charge is -2.31. The Morgan fingerprint density at radius 1 is 1.06 bits per heavy atom. The highest BCUT2D eigenvalue weighted by atomic mass is 32.2. The number of aliphatic hydroxyl groups excluding tert-OH is 1. The van der Waals surface area contributed by atoms with Crippen molar-refractivity contribution in [1.82, 2.24) is 0 Å². The lowest BCUT2D eigenvalue weighted by molar-refractivity contribution is -0.138. The fraction of sp³-hybridized carbons (Fsp3) is 0.471. The summed E-state index contributed by atoms with van der Waals surface area (Å²) in [5.74, 6) is -4.19.